The first-order valence-electron chi connectivity index (χ1n) is 6.08. The lowest BCUT2D eigenvalue weighted by atomic mass is 10.1. The fourth-order valence-corrected chi connectivity index (χ4v) is 1.36. The van der Waals surface area contributed by atoms with E-state index in [2.05, 4.69) is 5.32 Å². The van der Waals surface area contributed by atoms with Crippen molar-refractivity contribution < 1.29 is 14.8 Å². The van der Waals surface area contributed by atoms with Gasteiger partial charge in [0.2, 0.25) is 0 Å². The summed E-state index contributed by atoms with van der Waals surface area (Å²) in [6, 6.07) is 5.90. The van der Waals surface area contributed by atoms with Crippen LogP contribution in [0.25, 0.3) is 0 Å². The second-order valence-electron chi connectivity index (χ2n) is 5.35. The Kier molecular flexibility index (Phi) is 5.26. The van der Waals surface area contributed by atoms with Crippen LogP contribution >= 0.6 is 0 Å². The summed E-state index contributed by atoms with van der Waals surface area (Å²) in [5.41, 5.74) is -0.105. The van der Waals surface area contributed by atoms with Gasteiger partial charge in [0.05, 0.1) is 11.0 Å². The van der Waals surface area contributed by atoms with E-state index in [1.807, 2.05) is 20.8 Å². The molecule has 0 radical (unpaired) electrons. The minimum absolute atomic E-state index is 0.0280. The maximum Gasteiger partial charge on any atom is 0.273 e. The molecule has 2 N–H and O–H groups in total. The fraction of sp³-hybridized carbons (Fsp3) is 0.538. The molecule has 0 fully saturated rings. The van der Waals surface area contributed by atoms with Crippen molar-refractivity contribution >= 4 is 5.69 Å². The molecular formula is C13H20N2O4. The van der Waals surface area contributed by atoms with Crippen molar-refractivity contribution in [2.24, 2.45) is 0 Å². The van der Waals surface area contributed by atoms with Crippen LogP contribution in [0.3, 0.4) is 0 Å². The van der Waals surface area contributed by atoms with Gasteiger partial charge in [0.15, 0.2) is 0 Å². The van der Waals surface area contributed by atoms with Crippen molar-refractivity contribution in [1.29, 1.82) is 0 Å². The molecule has 6 nitrogen and oxygen atoms in total. The summed E-state index contributed by atoms with van der Waals surface area (Å²) in [4.78, 5) is 10.1. The van der Waals surface area contributed by atoms with Crippen molar-refractivity contribution in [3.63, 3.8) is 0 Å². The van der Waals surface area contributed by atoms with Crippen molar-refractivity contribution in [2.45, 2.75) is 32.4 Å². The number of aliphatic hydroxyl groups is 1. The van der Waals surface area contributed by atoms with E-state index in [0.29, 0.717) is 12.3 Å². The number of rotatable bonds is 6. The molecule has 1 aromatic rings. The molecular weight excluding hydrogens is 248 g/mol. The zero-order valence-electron chi connectivity index (χ0n) is 11.4. The number of nitro benzene ring substituents is 1. The third-order valence-corrected chi connectivity index (χ3v) is 2.34. The highest BCUT2D eigenvalue weighted by Gasteiger charge is 2.13. The standard InChI is InChI=1S/C13H20N2O4/c1-13(2,3)14-8-11(16)9-19-12-6-4-5-10(7-12)15(17)18/h4-7,11,14,16H,8-9H2,1-3H3. The van der Waals surface area contributed by atoms with Crippen LogP contribution in [-0.4, -0.2) is 34.8 Å². The van der Waals surface area contributed by atoms with Gasteiger partial charge in [-0.15, -0.1) is 0 Å². The van der Waals surface area contributed by atoms with Gasteiger partial charge in [-0.25, -0.2) is 0 Å². The van der Waals surface area contributed by atoms with Crippen LogP contribution in [0, 0.1) is 10.1 Å². The Morgan fingerprint density at radius 1 is 1.47 bits per heavy atom. The van der Waals surface area contributed by atoms with Gasteiger partial charge in [0.1, 0.15) is 18.5 Å². The highest BCUT2D eigenvalue weighted by molar-refractivity contribution is 5.37. The highest BCUT2D eigenvalue weighted by Crippen LogP contribution is 2.19. The van der Waals surface area contributed by atoms with Crippen LogP contribution in [0.2, 0.25) is 0 Å². The molecule has 1 aromatic carbocycles. The zero-order valence-corrected chi connectivity index (χ0v) is 11.4. The molecule has 19 heavy (non-hydrogen) atoms. The fourth-order valence-electron chi connectivity index (χ4n) is 1.36. The molecule has 1 rings (SSSR count). The SMILES string of the molecule is CC(C)(C)NCC(O)COc1cccc([N+](=O)[O-])c1. The number of benzene rings is 1. The van der Waals surface area contributed by atoms with Gasteiger partial charge in [-0.2, -0.15) is 0 Å². The van der Waals surface area contributed by atoms with Gasteiger partial charge < -0.3 is 15.2 Å². The van der Waals surface area contributed by atoms with Crippen molar-refractivity contribution in [3.8, 4) is 5.75 Å². The first-order valence-corrected chi connectivity index (χ1v) is 6.08. The summed E-state index contributed by atoms with van der Waals surface area (Å²) in [6.07, 6.45) is -0.668. The summed E-state index contributed by atoms with van der Waals surface area (Å²) < 4.78 is 5.33. The van der Waals surface area contributed by atoms with Gasteiger partial charge in [0, 0.05) is 18.2 Å². The second-order valence-corrected chi connectivity index (χ2v) is 5.35. The van der Waals surface area contributed by atoms with E-state index in [1.165, 1.54) is 12.1 Å². The maximum absolute atomic E-state index is 10.6. The number of hydrogen-bond acceptors (Lipinski definition) is 5. The predicted octanol–water partition coefficient (Wildman–Crippen LogP) is 1.72. The Balaban J connectivity index is 2.44. The lowest BCUT2D eigenvalue weighted by Gasteiger charge is -2.22. The number of nitrogens with zero attached hydrogens (tertiary/aromatic N) is 1. The molecule has 0 spiro atoms. The molecule has 1 atom stereocenters. The molecule has 0 aromatic heterocycles. The van der Waals surface area contributed by atoms with Gasteiger partial charge >= 0.3 is 0 Å². The van der Waals surface area contributed by atoms with Gasteiger partial charge in [-0.1, -0.05) is 6.07 Å². The molecule has 0 aliphatic heterocycles. The van der Waals surface area contributed by atoms with Crippen LogP contribution in [-0.2, 0) is 0 Å². The quantitative estimate of drug-likeness (QED) is 0.606. The first kappa shape index (κ1) is 15.4. The average molecular weight is 268 g/mol. The van der Waals surface area contributed by atoms with E-state index < -0.39 is 11.0 Å². The van der Waals surface area contributed by atoms with E-state index in [-0.39, 0.29) is 17.8 Å². The number of non-ortho nitro benzene ring substituents is 1. The van der Waals surface area contributed by atoms with E-state index in [0.717, 1.165) is 0 Å². The number of aliphatic hydroxyl groups excluding tert-OH is 1. The Morgan fingerprint density at radius 2 is 2.16 bits per heavy atom. The van der Waals surface area contributed by atoms with Crippen LogP contribution in [0.15, 0.2) is 24.3 Å². The van der Waals surface area contributed by atoms with Crippen molar-refractivity contribution in [1.82, 2.24) is 5.32 Å². The Morgan fingerprint density at radius 3 is 2.74 bits per heavy atom. The monoisotopic (exact) mass is 268 g/mol. The molecule has 6 heteroatoms. The van der Waals surface area contributed by atoms with Crippen molar-refractivity contribution in [3.05, 3.63) is 34.4 Å². The molecule has 106 valence electrons. The molecule has 0 saturated heterocycles. The lowest BCUT2D eigenvalue weighted by Crippen LogP contribution is -2.42. The van der Waals surface area contributed by atoms with Gasteiger partial charge in [0.25, 0.3) is 5.69 Å². The highest BCUT2D eigenvalue weighted by atomic mass is 16.6. The van der Waals surface area contributed by atoms with E-state index in [9.17, 15) is 15.2 Å². The second kappa shape index (κ2) is 6.49. The topological polar surface area (TPSA) is 84.6 Å². The summed E-state index contributed by atoms with van der Waals surface area (Å²) >= 11 is 0. The minimum Gasteiger partial charge on any atom is -0.491 e. The minimum atomic E-state index is -0.668. The van der Waals surface area contributed by atoms with Crippen LogP contribution in [0.1, 0.15) is 20.8 Å². The maximum atomic E-state index is 10.6. The predicted molar refractivity (Wildman–Crippen MR) is 72.4 cm³/mol. The number of β-amino-alcohol motifs (C(OH)–C–C–N with tert-alkyl or cyclic N) is 1. The lowest BCUT2D eigenvalue weighted by molar-refractivity contribution is -0.384. The zero-order chi connectivity index (χ0) is 14.5. The summed E-state index contributed by atoms with van der Waals surface area (Å²) in [7, 11) is 0. The van der Waals surface area contributed by atoms with Crippen LogP contribution in [0.4, 0.5) is 5.69 Å². The summed E-state index contributed by atoms with van der Waals surface area (Å²) in [5.74, 6) is 0.379. The Hall–Kier alpha value is -1.66. The number of nitro groups is 1. The molecule has 0 heterocycles. The van der Waals surface area contributed by atoms with Crippen LogP contribution in [0.5, 0.6) is 5.75 Å². The Labute approximate surface area is 112 Å². The third kappa shape index (κ3) is 6.17. The van der Waals surface area contributed by atoms with E-state index in [1.54, 1.807) is 12.1 Å². The number of ether oxygens (including phenoxy) is 1. The molecule has 0 aliphatic rings. The van der Waals surface area contributed by atoms with E-state index >= 15 is 0 Å². The molecule has 0 aliphatic carbocycles. The normalized spacial score (nSPS) is 13.1. The smallest absolute Gasteiger partial charge is 0.273 e. The van der Waals surface area contributed by atoms with Crippen LogP contribution < -0.4 is 10.1 Å². The molecule has 0 bridgehead atoms. The molecule has 0 saturated carbocycles. The molecule has 1 unspecified atom stereocenters. The Bertz CT molecular complexity index is 429. The van der Waals surface area contributed by atoms with Gasteiger partial charge in [-0.3, -0.25) is 10.1 Å². The van der Waals surface area contributed by atoms with Gasteiger partial charge in [-0.05, 0) is 26.8 Å². The van der Waals surface area contributed by atoms with Crippen molar-refractivity contribution in [2.75, 3.05) is 13.2 Å². The van der Waals surface area contributed by atoms with E-state index in [4.69, 9.17) is 4.74 Å². The third-order valence-electron chi connectivity index (χ3n) is 2.34. The average Bonchev–Trinajstić information content (AvgIpc) is 2.33. The summed E-state index contributed by atoms with van der Waals surface area (Å²) in [5, 5.41) is 23.5. The first-order chi connectivity index (χ1) is 8.78. The summed E-state index contributed by atoms with van der Waals surface area (Å²) in [6.45, 7) is 6.49. The number of nitrogens with one attached hydrogen (secondary N) is 1. The molecule has 0 amide bonds. The largest absolute Gasteiger partial charge is 0.491 e. The number of hydrogen-bond donors (Lipinski definition) is 2.